The highest BCUT2D eigenvalue weighted by atomic mass is 16.3. The van der Waals surface area contributed by atoms with Crippen molar-refractivity contribution in [3.05, 3.63) is 65.2 Å². The molecule has 1 fully saturated rings. The Morgan fingerprint density at radius 1 is 1.08 bits per heavy atom. The van der Waals surface area contributed by atoms with Crippen LogP contribution in [0.1, 0.15) is 53.8 Å². The number of amides is 1. The van der Waals surface area contributed by atoms with Crippen molar-refractivity contribution in [3.8, 4) is 17.3 Å². The minimum Gasteiger partial charge on any atom is -0.466 e. The summed E-state index contributed by atoms with van der Waals surface area (Å²) in [5, 5.41) is 14.4. The summed E-state index contributed by atoms with van der Waals surface area (Å²) in [5.41, 5.74) is 4.65. The summed E-state index contributed by atoms with van der Waals surface area (Å²) in [6, 6.07) is 13.8. The number of carbonyl (C=O) groups excluding carboxylic acids is 1. The lowest BCUT2D eigenvalue weighted by molar-refractivity contribution is 0.0769. The van der Waals surface area contributed by atoms with Crippen LogP contribution < -0.4 is 4.90 Å². The van der Waals surface area contributed by atoms with E-state index < -0.39 is 0 Å². The lowest BCUT2D eigenvalue weighted by Crippen LogP contribution is -2.35. The Balaban J connectivity index is 1.48. The van der Waals surface area contributed by atoms with Gasteiger partial charge in [-0.05, 0) is 70.5 Å². The maximum atomic E-state index is 13.9. The monoisotopic (exact) mass is 482 g/mol. The van der Waals surface area contributed by atoms with E-state index >= 15 is 0 Å². The van der Waals surface area contributed by atoms with Gasteiger partial charge in [0.15, 0.2) is 5.65 Å². The first kappa shape index (κ1) is 23.6. The van der Waals surface area contributed by atoms with Crippen molar-refractivity contribution in [2.24, 2.45) is 0 Å². The van der Waals surface area contributed by atoms with Crippen LogP contribution in [0.3, 0.4) is 0 Å². The van der Waals surface area contributed by atoms with Gasteiger partial charge < -0.3 is 14.2 Å². The van der Waals surface area contributed by atoms with Gasteiger partial charge in [0.2, 0.25) is 0 Å². The first-order valence-corrected chi connectivity index (χ1v) is 12.4. The molecule has 0 atom stereocenters. The number of aromatic nitrogens is 3. The summed E-state index contributed by atoms with van der Waals surface area (Å²) in [4.78, 5) is 23.0. The normalized spacial score (nSPS) is 14.3. The average molecular weight is 483 g/mol. The highest BCUT2D eigenvalue weighted by Crippen LogP contribution is 2.31. The van der Waals surface area contributed by atoms with E-state index in [0.717, 1.165) is 53.4 Å². The number of benzene rings is 1. The topological polar surface area (TPSA) is 91.2 Å². The molecule has 0 radical (unpaired) electrons. The van der Waals surface area contributed by atoms with Gasteiger partial charge in [-0.15, -0.1) is 0 Å². The zero-order valence-electron chi connectivity index (χ0n) is 21.2. The van der Waals surface area contributed by atoms with Gasteiger partial charge in [0.05, 0.1) is 34.5 Å². The highest BCUT2D eigenvalue weighted by molar-refractivity contribution is 6.06. The van der Waals surface area contributed by atoms with Gasteiger partial charge in [-0.25, -0.2) is 9.67 Å². The second-order valence-corrected chi connectivity index (χ2v) is 9.59. The maximum Gasteiger partial charge on any atom is 0.254 e. The van der Waals surface area contributed by atoms with E-state index in [-0.39, 0.29) is 11.9 Å². The molecule has 4 heterocycles. The Labute approximate surface area is 210 Å². The molecule has 184 valence electrons. The van der Waals surface area contributed by atoms with Crippen LogP contribution in [0.2, 0.25) is 0 Å². The first-order valence-electron chi connectivity index (χ1n) is 12.4. The number of carbonyl (C=O) groups is 1. The molecule has 1 aromatic carbocycles. The third kappa shape index (κ3) is 4.33. The molecule has 0 bridgehead atoms. The van der Waals surface area contributed by atoms with Crippen LogP contribution in [-0.2, 0) is 0 Å². The highest BCUT2D eigenvalue weighted by Gasteiger charge is 2.25. The summed E-state index contributed by atoms with van der Waals surface area (Å²) < 4.78 is 7.63. The van der Waals surface area contributed by atoms with Crippen LogP contribution >= 0.6 is 0 Å². The van der Waals surface area contributed by atoms with Crippen molar-refractivity contribution < 1.29 is 9.21 Å². The van der Waals surface area contributed by atoms with E-state index in [9.17, 15) is 4.79 Å². The number of nitriles is 1. The smallest absolute Gasteiger partial charge is 0.254 e. The molecule has 5 rings (SSSR count). The number of pyridine rings is 1. The minimum atomic E-state index is -0.00787. The van der Waals surface area contributed by atoms with Crippen molar-refractivity contribution in [2.45, 2.75) is 40.2 Å². The van der Waals surface area contributed by atoms with E-state index in [1.54, 1.807) is 6.20 Å². The fraction of sp³-hybridized carbons (Fsp3) is 0.357. The molecule has 0 saturated carbocycles. The first-order chi connectivity index (χ1) is 17.4. The van der Waals surface area contributed by atoms with Crippen molar-refractivity contribution in [1.82, 2.24) is 19.7 Å². The zero-order chi connectivity index (χ0) is 25.4. The van der Waals surface area contributed by atoms with E-state index in [1.165, 1.54) is 0 Å². The lowest BCUT2D eigenvalue weighted by atomic mass is 10.1. The van der Waals surface area contributed by atoms with Gasteiger partial charge in [-0.3, -0.25) is 4.79 Å². The van der Waals surface area contributed by atoms with E-state index in [0.29, 0.717) is 29.9 Å². The number of anilines is 1. The Kier molecular flexibility index (Phi) is 6.23. The predicted molar refractivity (Wildman–Crippen MR) is 139 cm³/mol. The molecule has 1 amide bonds. The summed E-state index contributed by atoms with van der Waals surface area (Å²) >= 11 is 0. The number of fused-ring (bicyclic) bond motifs is 1. The molecule has 1 aliphatic heterocycles. The number of hydrogen-bond donors (Lipinski definition) is 0. The van der Waals surface area contributed by atoms with Gasteiger partial charge in [-0.1, -0.05) is 0 Å². The van der Waals surface area contributed by atoms with Gasteiger partial charge in [-0.2, -0.15) is 10.4 Å². The summed E-state index contributed by atoms with van der Waals surface area (Å²) in [5.74, 6) is 1.58. The third-order valence-electron chi connectivity index (χ3n) is 6.75. The quantitative estimate of drug-likeness (QED) is 0.401. The Bertz CT molecular complexity index is 1460. The largest absolute Gasteiger partial charge is 0.466 e. The van der Waals surface area contributed by atoms with Crippen LogP contribution in [0.25, 0.3) is 22.3 Å². The number of furan rings is 1. The van der Waals surface area contributed by atoms with Gasteiger partial charge in [0, 0.05) is 43.5 Å². The predicted octanol–water partition coefficient (Wildman–Crippen LogP) is 5.11. The summed E-state index contributed by atoms with van der Waals surface area (Å²) in [7, 11) is 0. The van der Waals surface area contributed by atoms with E-state index in [2.05, 4.69) is 29.9 Å². The number of aryl methyl sites for hydroxylation is 2. The maximum absolute atomic E-state index is 13.9. The summed E-state index contributed by atoms with van der Waals surface area (Å²) in [6.07, 6.45) is 2.62. The van der Waals surface area contributed by atoms with Crippen LogP contribution in [0.15, 0.2) is 47.0 Å². The fourth-order valence-corrected chi connectivity index (χ4v) is 4.89. The molecule has 36 heavy (non-hydrogen) atoms. The molecule has 3 aromatic heterocycles. The molecule has 1 saturated heterocycles. The standard InChI is InChI=1S/C28H30N6O2/c1-18(2)34-27-25(17-30-34)24(15-26(31-27)23-14-19(3)36-20(23)4)28(35)33-11-5-10-32(12-13-33)22-8-6-21(16-29)7-9-22/h6-9,14-15,17-18H,5,10-13H2,1-4H3. The second kappa shape index (κ2) is 9.50. The fourth-order valence-electron chi connectivity index (χ4n) is 4.89. The van der Waals surface area contributed by atoms with Gasteiger partial charge in [0.25, 0.3) is 5.91 Å². The average Bonchev–Trinajstić information content (AvgIpc) is 3.36. The van der Waals surface area contributed by atoms with Crippen LogP contribution in [0.4, 0.5) is 5.69 Å². The van der Waals surface area contributed by atoms with Crippen molar-refractivity contribution in [1.29, 1.82) is 5.26 Å². The second-order valence-electron chi connectivity index (χ2n) is 9.59. The molecule has 0 aliphatic carbocycles. The summed E-state index contributed by atoms with van der Waals surface area (Å²) in [6.45, 7) is 10.8. The third-order valence-corrected chi connectivity index (χ3v) is 6.75. The molecule has 0 unspecified atom stereocenters. The SMILES string of the molecule is Cc1cc(-c2cc(C(=O)N3CCCN(c4ccc(C#N)cc4)CC3)c3cnn(C(C)C)c3n2)c(C)o1. The lowest BCUT2D eigenvalue weighted by Gasteiger charge is -2.24. The minimum absolute atomic E-state index is 0.00787. The molecule has 1 aliphatic rings. The Morgan fingerprint density at radius 2 is 1.86 bits per heavy atom. The van der Waals surface area contributed by atoms with E-state index in [1.807, 2.05) is 59.8 Å². The molecular formula is C28H30N6O2. The van der Waals surface area contributed by atoms with Crippen LogP contribution in [0.5, 0.6) is 0 Å². The molecule has 8 heteroatoms. The van der Waals surface area contributed by atoms with Gasteiger partial charge >= 0.3 is 0 Å². The zero-order valence-corrected chi connectivity index (χ0v) is 21.2. The van der Waals surface area contributed by atoms with Gasteiger partial charge in [0.1, 0.15) is 11.5 Å². The van der Waals surface area contributed by atoms with Crippen molar-refractivity contribution >= 4 is 22.6 Å². The molecular weight excluding hydrogens is 452 g/mol. The van der Waals surface area contributed by atoms with E-state index in [4.69, 9.17) is 14.7 Å². The molecule has 4 aromatic rings. The van der Waals surface area contributed by atoms with Crippen LogP contribution in [0, 0.1) is 25.2 Å². The molecule has 0 N–H and O–H groups in total. The van der Waals surface area contributed by atoms with Crippen molar-refractivity contribution in [2.75, 3.05) is 31.1 Å². The number of hydrogen-bond acceptors (Lipinski definition) is 6. The molecule has 0 spiro atoms. The molecule has 8 nitrogen and oxygen atoms in total. The van der Waals surface area contributed by atoms with Crippen LogP contribution in [-0.4, -0.2) is 51.8 Å². The van der Waals surface area contributed by atoms with Crippen molar-refractivity contribution in [3.63, 3.8) is 0 Å². The number of nitrogens with zero attached hydrogens (tertiary/aromatic N) is 6. The Morgan fingerprint density at radius 3 is 2.53 bits per heavy atom. The Hall–Kier alpha value is -4.12. The number of rotatable bonds is 4.